The molecule has 1 rings (SSSR count). The molecule has 4 N–H and O–H groups in total. The lowest BCUT2D eigenvalue weighted by Gasteiger charge is -2.05. The molecule has 17 heavy (non-hydrogen) atoms. The maximum absolute atomic E-state index is 11.5. The van der Waals surface area contributed by atoms with Crippen molar-refractivity contribution in [3.8, 4) is 0 Å². The molecule has 6 nitrogen and oxygen atoms in total. The molecule has 0 saturated carbocycles. The van der Waals surface area contributed by atoms with E-state index in [-0.39, 0.29) is 12.5 Å². The Morgan fingerprint density at radius 3 is 2.71 bits per heavy atom. The van der Waals surface area contributed by atoms with E-state index < -0.39 is 5.91 Å². The van der Waals surface area contributed by atoms with Crippen LogP contribution in [0.1, 0.15) is 23.7 Å². The average Bonchev–Trinajstić information content (AvgIpc) is 2.34. The first-order chi connectivity index (χ1) is 8.13. The number of nitrogens with zero attached hydrogens (tertiary/aromatic N) is 1. The maximum Gasteiger partial charge on any atom is 0.253 e. The van der Waals surface area contributed by atoms with Crippen LogP contribution in [0.25, 0.3) is 0 Å². The zero-order valence-corrected chi connectivity index (χ0v) is 9.69. The highest BCUT2D eigenvalue weighted by Gasteiger charge is 2.06. The van der Waals surface area contributed by atoms with E-state index in [0.717, 1.165) is 18.8 Å². The summed E-state index contributed by atoms with van der Waals surface area (Å²) in [5.41, 5.74) is 5.32. The fourth-order valence-corrected chi connectivity index (χ4v) is 1.16. The molecule has 1 aromatic rings. The number of carbonyl (C=O) groups excluding carboxylic acids is 2. The fraction of sp³-hybridized carbons (Fsp3) is 0.364. The van der Waals surface area contributed by atoms with Gasteiger partial charge in [0.1, 0.15) is 5.82 Å². The van der Waals surface area contributed by atoms with E-state index >= 15 is 0 Å². The lowest BCUT2D eigenvalue weighted by atomic mass is 10.2. The molecule has 0 unspecified atom stereocenters. The van der Waals surface area contributed by atoms with E-state index in [9.17, 15) is 9.59 Å². The minimum atomic E-state index is -0.576. The minimum absolute atomic E-state index is 0.172. The van der Waals surface area contributed by atoms with Gasteiger partial charge in [0.05, 0.1) is 12.1 Å². The number of aromatic nitrogens is 1. The summed E-state index contributed by atoms with van der Waals surface area (Å²) in [4.78, 5) is 26.1. The molecular weight excluding hydrogens is 220 g/mol. The monoisotopic (exact) mass is 236 g/mol. The van der Waals surface area contributed by atoms with Crippen LogP contribution in [-0.2, 0) is 4.79 Å². The number of amides is 2. The molecule has 0 aliphatic carbocycles. The van der Waals surface area contributed by atoms with Crippen molar-refractivity contribution in [2.45, 2.75) is 13.3 Å². The number of nitrogens with one attached hydrogen (secondary N) is 2. The lowest BCUT2D eigenvalue weighted by molar-refractivity contribution is -0.117. The Morgan fingerprint density at radius 2 is 2.18 bits per heavy atom. The predicted molar refractivity (Wildman–Crippen MR) is 64.5 cm³/mol. The number of rotatable bonds is 6. The average molecular weight is 236 g/mol. The third kappa shape index (κ3) is 4.50. The van der Waals surface area contributed by atoms with Crippen molar-refractivity contribution in [2.75, 3.05) is 18.4 Å². The third-order valence-corrected chi connectivity index (χ3v) is 2.00. The Morgan fingerprint density at radius 1 is 1.41 bits per heavy atom. The first-order valence-electron chi connectivity index (χ1n) is 5.40. The van der Waals surface area contributed by atoms with Crippen LogP contribution in [0.5, 0.6) is 0 Å². The van der Waals surface area contributed by atoms with Crippen LogP contribution < -0.4 is 16.4 Å². The number of anilines is 1. The van der Waals surface area contributed by atoms with E-state index in [1.54, 1.807) is 12.1 Å². The normalized spacial score (nSPS) is 9.71. The zero-order valence-electron chi connectivity index (χ0n) is 9.69. The van der Waals surface area contributed by atoms with E-state index in [1.807, 2.05) is 0 Å². The van der Waals surface area contributed by atoms with Gasteiger partial charge < -0.3 is 16.4 Å². The van der Waals surface area contributed by atoms with Crippen LogP contribution in [0.3, 0.4) is 0 Å². The van der Waals surface area contributed by atoms with Gasteiger partial charge >= 0.3 is 0 Å². The molecule has 6 heteroatoms. The van der Waals surface area contributed by atoms with E-state index in [4.69, 9.17) is 5.73 Å². The second kappa shape index (κ2) is 6.47. The van der Waals surface area contributed by atoms with Gasteiger partial charge in [-0.25, -0.2) is 4.98 Å². The predicted octanol–water partition coefficient (Wildman–Crippen LogP) is 0.119. The molecule has 0 aliphatic heterocycles. The van der Waals surface area contributed by atoms with Gasteiger partial charge in [-0.1, -0.05) is 6.92 Å². The Kier molecular flexibility index (Phi) is 4.93. The molecule has 0 aromatic carbocycles. The van der Waals surface area contributed by atoms with E-state index in [1.165, 1.54) is 6.20 Å². The first kappa shape index (κ1) is 13.0. The van der Waals surface area contributed by atoms with Gasteiger partial charge in [-0.3, -0.25) is 9.59 Å². The van der Waals surface area contributed by atoms with Gasteiger partial charge in [0, 0.05) is 12.7 Å². The Balaban J connectivity index is 2.54. The largest absolute Gasteiger partial charge is 0.370 e. The molecule has 0 aliphatic rings. The van der Waals surface area contributed by atoms with Crippen molar-refractivity contribution in [1.82, 2.24) is 10.3 Å². The highest BCUT2D eigenvalue weighted by Crippen LogP contribution is 2.04. The van der Waals surface area contributed by atoms with Crippen LogP contribution >= 0.6 is 0 Å². The van der Waals surface area contributed by atoms with Crippen molar-refractivity contribution >= 4 is 17.6 Å². The third-order valence-electron chi connectivity index (χ3n) is 2.00. The molecule has 0 bridgehead atoms. The van der Waals surface area contributed by atoms with Crippen LogP contribution in [0.4, 0.5) is 5.82 Å². The number of hydrogen-bond donors (Lipinski definition) is 3. The second-order valence-corrected chi connectivity index (χ2v) is 3.51. The van der Waals surface area contributed by atoms with Crippen LogP contribution in [-0.4, -0.2) is 29.9 Å². The summed E-state index contributed by atoms with van der Waals surface area (Å²) in [6.45, 7) is 2.72. The summed E-state index contributed by atoms with van der Waals surface area (Å²) in [6.07, 6.45) is 2.46. The van der Waals surface area contributed by atoms with Gasteiger partial charge in [-0.05, 0) is 18.6 Å². The maximum atomic E-state index is 11.5. The quantitative estimate of drug-likeness (QED) is 0.653. The van der Waals surface area contributed by atoms with Gasteiger partial charge in [-0.15, -0.1) is 0 Å². The summed E-state index contributed by atoms with van der Waals surface area (Å²) >= 11 is 0. The van der Waals surface area contributed by atoms with Crippen molar-refractivity contribution in [2.24, 2.45) is 5.73 Å². The number of pyridine rings is 1. The van der Waals surface area contributed by atoms with E-state index in [0.29, 0.717) is 5.56 Å². The topological polar surface area (TPSA) is 97.1 Å². The Hall–Kier alpha value is -2.11. The number of hydrogen-bond acceptors (Lipinski definition) is 4. The molecule has 0 spiro atoms. The zero-order chi connectivity index (χ0) is 12.7. The molecule has 0 radical (unpaired) electrons. The summed E-state index contributed by atoms with van der Waals surface area (Å²) in [6, 6.07) is 3.36. The fourth-order valence-electron chi connectivity index (χ4n) is 1.16. The van der Waals surface area contributed by atoms with Crippen molar-refractivity contribution in [1.29, 1.82) is 0 Å². The second-order valence-electron chi connectivity index (χ2n) is 3.51. The SMILES string of the molecule is CCCNc1ccc(C(=O)NCC(N)=O)cn1. The number of carbonyl (C=O) groups is 2. The molecular formula is C11H16N4O2. The minimum Gasteiger partial charge on any atom is -0.370 e. The summed E-state index contributed by atoms with van der Waals surface area (Å²) < 4.78 is 0. The summed E-state index contributed by atoms with van der Waals surface area (Å²) in [5, 5.41) is 5.48. The van der Waals surface area contributed by atoms with Crippen LogP contribution in [0.2, 0.25) is 0 Å². The van der Waals surface area contributed by atoms with Crippen molar-refractivity contribution in [3.05, 3.63) is 23.9 Å². The highest BCUT2D eigenvalue weighted by atomic mass is 16.2. The molecule has 1 aromatic heterocycles. The van der Waals surface area contributed by atoms with E-state index in [2.05, 4.69) is 22.5 Å². The summed E-state index contributed by atoms with van der Waals surface area (Å²) in [5.74, 6) is -0.218. The summed E-state index contributed by atoms with van der Waals surface area (Å²) in [7, 11) is 0. The van der Waals surface area contributed by atoms with Gasteiger partial charge in [0.2, 0.25) is 5.91 Å². The van der Waals surface area contributed by atoms with Crippen LogP contribution in [0.15, 0.2) is 18.3 Å². The molecule has 2 amide bonds. The number of nitrogens with two attached hydrogens (primary N) is 1. The highest BCUT2D eigenvalue weighted by molar-refractivity contribution is 5.96. The Bertz CT molecular complexity index is 389. The first-order valence-corrected chi connectivity index (χ1v) is 5.40. The standard InChI is InChI=1S/C11H16N4O2/c1-2-5-13-10-4-3-8(6-14-10)11(17)15-7-9(12)16/h3-4,6H,2,5,7H2,1H3,(H2,12,16)(H,13,14)(H,15,17). The molecule has 1 heterocycles. The smallest absolute Gasteiger partial charge is 0.253 e. The Labute approximate surface area is 99.6 Å². The van der Waals surface area contributed by atoms with Gasteiger partial charge in [0.15, 0.2) is 0 Å². The van der Waals surface area contributed by atoms with Crippen molar-refractivity contribution in [3.63, 3.8) is 0 Å². The molecule has 0 atom stereocenters. The van der Waals surface area contributed by atoms with Crippen molar-refractivity contribution < 1.29 is 9.59 Å². The van der Waals surface area contributed by atoms with Gasteiger partial charge in [0.25, 0.3) is 5.91 Å². The van der Waals surface area contributed by atoms with Gasteiger partial charge in [-0.2, -0.15) is 0 Å². The number of primary amides is 1. The lowest BCUT2D eigenvalue weighted by Crippen LogP contribution is -2.33. The van der Waals surface area contributed by atoms with Crippen LogP contribution in [0, 0.1) is 0 Å². The molecule has 0 saturated heterocycles. The molecule has 92 valence electrons. The molecule has 0 fully saturated rings.